The van der Waals surface area contributed by atoms with Gasteiger partial charge < -0.3 is 9.84 Å². The first-order valence-electron chi connectivity index (χ1n) is 5.08. The van der Waals surface area contributed by atoms with E-state index in [2.05, 4.69) is 15.2 Å². The van der Waals surface area contributed by atoms with Crippen LogP contribution in [0.5, 0.6) is 5.75 Å². The number of carbonyl (C=O) groups is 1. The average Bonchev–Trinajstić information content (AvgIpc) is 2.74. The van der Waals surface area contributed by atoms with E-state index in [0.29, 0.717) is 21.6 Å². The third kappa shape index (κ3) is 2.62. The van der Waals surface area contributed by atoms with E-state index in [1.54, 1.807) is 19.1 Å². The Morgan fingerprint density at radius 3 is 2.83 bits per heavy atom. The van der Waals surface area contributed by atoms with E-state index in [-0.39, 0.29) is 5.56 Å². The van der Waals surface area contributed by atoms with Crippen LogP contribution in [0.3, 0.4) is 0 Å². The van der Waals surface area contributed by atoms with Crippen LogP contribution in [-0.4, -0.2) is 33.4 Å². The van der Waals surface area contributed by atoms with Crippen LogP contribution in [0.4, 0.5) is 0 Å². The number of rotatable bonds is 4. The Hall–Kier alpha value is -2.02. The molecule has 0 fully saturated rings. The number of nitrogens with one attached hydrogen (secondary N) is 1. The van der Waals surface area contributed by atoms with Crippen molar-refractivity contribution in [2.24, 2.45) is 0 Å². The van der Waals surface area contributed by atoms with E-state index < -0.39 is 5.97 Å². The normalized spacial score (nSPS) is 10.3. The van der Waals surface area contributed by atoms with Gasteiger partial charge in [-0.05, 0) is 36.9 Å². The number of nitrogens with zero attached hydrogens (tertiary/aromatic N) is 2. The molecule has 2 N–H and O–H groups in total. The Labute approximate surface area is 107 Å². The number of aromatic amines is 1. The fourth-order valence-corrected chi connectivity index (χ4v) is 2.27. The molecule has 1 aromatic heterocycles. The Balaban J connectivity index is 2.37. The number of aryl methyl sites for hydroxylation is 1. The molecule has 0 aliphatic carbocycles. The fraction of sp³-hybridized carbons (Fsp3) is 0.182. The summed E-state index contributed by atoms with van der Waals surface area (Å²) in [7, 11) is 1.53. The first-order chi connectivity index (χ1) is 8.60. The third-order valence-electron chi connectivity index (χ3n) is 2.20. The average molecular weight is 265 g/mol. The molecule has 0 amide bonds. The topological polar surface area (TPSA) is 88.1 Å². The summed E-state index contributed by atoms with van der Waals surface area (Å²) in [6.45, 7) is 1.78. The van der Waals surface area contributed by atoms with E-state index in [1.165, 1.54) is 24.9 Å². The number of hydrogen-bond acceptors (Lipinski definition) is 5. The molecular formula is C11H11N3O3S. The van der Waals surface area contributed by atoms with E-state index >= 15 is 0 Å². The summed E-state index contributed by atoms with van der Waals surface area (Å²) in [5.74, 6) is 0.277. The van der Waals surface area contributed by atoms with Crippen molar-refractivity contribution >= 4 is 17.7 Å². The summed E-state index contributed by atoms with van der Waals surface area (Å²) in [6.07, 6.45) is 0. The van der Waals surface area contributed by atoms with E-state index in [1.807, 2.05) is 0 Å². The number of aromatic carboxylic acids is 1. The Morgan fingerprint density at radius 2 is 2.28 bits per heavy atom. The maximum atomic E-state index is 11.1. The van der Waals surface area contributed by atoms with Crippen molar-refractivity contribution in [3.63, 3.8) is 0 Å². The van der Waals surface area contributed by atoms with Crippen LogP contribution < -0.4 is 4.74 Å². The first kappa shape index (κ1) is 12.4. The van der Waals surface area contributed by atoms with Gasteiger partial charge in [0.2, 0.25) is 5.16 Å². The van der Waals surface area contributed by atoms with E-state index in [0.717, 1.165) is 0 Å². The lowest BCUT2D eigenvalue weighted by atomic mass is 10.2. The largest absolute Gasteiger partial charge is 0.497 e. The highest BCUT2D eigenvalue weighted by Gasteiger charge is 2.14. The summed E-state index contributed by atoms with van der Waals surface area (Å²) in [4.78, 5) is 15.8. The van der Waals surface area contributed by atoms with Crippen LogP contribution in [0.25, 0.3) is 0 Å². The third-order valence-corrected chi connectivity index (χ3v) is 3.12. The molecule has 0 saturated heterocycles. The zero-order chi connectivity index (χ0) is 13.1. The van der Waals surface area contributed by atoms with Gasteiger partial charge in [0.1, 0.15) is 11.6 Å². The van der Waals surface area contributed by atoms with Gasteiger partial charge in [0.05, 0.1) is 12.7 Å². The molecule has 0 atom stereocenters. The SMILES string of the molecule is COc1ccc(C(=O)O)c(Sc2n[nH]c(C)n2)c1. The van der Waals surface area contributed by atoms with Crippen molar-refractivity contribution in [3.05, 3.63) is 29.6 Å². The minimum atomic E-state index is -0.993. The van der Waals surface area contributed by atoms with Crippen molar-refractivity contribution in [1.82, 2.24) is 15.2 Å². The molecule has 2 aromatic rings. The number of aromatic nitrogens is 3. The second-order valence-electron chi connectivity index (χ2n) is 3.47. The Bertz CT molecular complexity index is 583. The highest BCUT2D eigenvalue weighted by Crippen LogP contribution is 2.31. The molecule has 1 heterocycles. The first-order valence-corrected chi connectivity index (χ1v) is 5.90. The molecule has 2 rings (SSSR count). The minimum Gasteiger partial charge on any atom is -0.497 e. The lowest BCUT2D eigenvalue weighted by molar-refractivity contribution is 0.0693. The van der Waals surface area contributed by atoms with Gasteiger partial charge in [0.25, 0.3) is 0 Å². The molecule has 0 aliphatic heterocycles. The van der Waals surface area contributed by atoms with Gasteiger partial charge in [-0.15, -0.1) is 5.10 Å². The quantitative estimate of drug-likeness (QED) is 0.878. The number of hydrogen-bond donors (Lipinski definition) is 2. The summed E-state index contributed by atoms with van der Waals surface area (Å²) >= 11 is 1.18. The summed E-state index contributed by atoms with van der Waals surface area (Å²) in [6, 6.07) is 4.76. The maximum Gasteiger partial charge on any atom is 0.336 e. The molecular weight excluding hydrogens is 254 g/mol. The Morgan fingerprint density at radius 1 is 1.50 bits per heavy atom. The van der Waals surface area contributed by atoms with Crippen LogP contribution in [0.2, 0.25) is 0 Å². The molecule has 0 spiro atoms. The zero-order valence-electron chi connectivity index (χ0n) is 9.80. The number of H-pyrrole nitrogens is 1. The number of carboxylic acid groups (broad SMARTS) is 1. The summed E-state index contributed by atoms with van der Waals surface area (Å²) < 4.78 is 5.08. The lowest BCUT2D eigenvalue weighted by Gasteiger charge is -2.06. The van der Waals surface area contributed by atoms with Crippen LogP contribution in [0, 0.1) is 6.92 Å². The van der Waals surface area contributed by atoms with Crippen LogP contribution in [0.1, 0.15) is 16.2 Å². The number of methoxy groups -OCH3 is 1. The number of ether oxygens (including phenoxy) is 1. The molecule has 7 heteroatoms. The van der Waals surface area contributed by atoms with Gasteiger partial charge in [-0.3, -0.25) is 5.10 Å². The molecule has 18 heavy (non-hydrogen) atoms. The van der Waals surface area contributed by atoms with Crippen LogP contribution in [0.15, 0.2) is 28.3 Å². The van der Waals surface area contributed by atoms with E-state index in [9.17, 15) is 4.79 Å². The maximum absolute atomic E-state index is 11.1. The Kier molecular flexibility index (Phi) is 3.52. The smallest absolute Gasteiger partial charge is 0.336 e. The van der Waals surface area contributed by atoms with Crippen molar-refractivity contribution in [2.45, 2.75) is 17.0 Å². The van der Waals surface area contributed by atoms with Crippen molar-refractivity contribution < 1.29 is 14.6 Å². The predicted octanol–water partition coefficient (Wildman–Crippen LogP) is 1.97. The molecule has 94 valence electrons. The van der Waals surface area contributed by atoms with Gasteiger partial charge in [-0.25, -0.2) is 9.78 Å². The summed E-state index contributed by atoms with van der Waals surface area (Å²) in [5, 5.41) is 16.3. The van der Waals surface area contributed by atoms with Crippen molar-refractivity contribution in [3.8, 4) is 5.75 Å². The molecule has 0 radical (unpaired) electrons. The standard InChI is InChI=1S/C11H11N3O3S/c1-6-12-11(14-13-6)18-9-5-7(17-2)3-4-8(9)10(15)16/h3-5H,1-2H3,(H,15,16)(H,12,13,14). The van der Waals surface area contributed by atoms with Gasteiger partial charge in [-0.2, -0.15) is 0 Å². The van der Waals surface area contributed by atoms with Gasteiger partial charge in [0.15, 0.2) is 0 Å². The summed E-state index contributed by atoms with van der Waals surface area (Å²) in [5.41, 5.74) is 0.197. The van der Waals surface area contributed by atoms with E-state index in [4.69, 9.17) is 9.84 Å². The van der Waals surface area contributed by atoms with Crippen LogP contribution >= 0.6 is 11.8 Å². The second kappa shape index (κ2) is 5.09. The van der Waals surface area contributed by atoms with Gasteiger partial charge >= 0.3 is 5.97 Å². The molecule has 0 saturated carbocycles. The number of benzene rings is 1. The van der Waals surface area contributed by atoms with Crippen LogP contribution in [-0.2, 0) is 0 Å². The zero-order valence-corrected chi connectivity index (χ0v) is 10.6. The predicted molar refractivity (Wildman–Crippen MR) is 65.2 cm³/mol. The minimum absolute atomic E-state index is 0.197. The van der Waals surface area contributed by atoms with Crippen molar-refractivity contribution in [2.75, 3.05) is 7.11 Å². The van der Waals surface area contributed by atoms with Gasteiger partial charge in [-0.1, -0.05) is 0 Å². The molecule has 0 unspecified atom stereocenters. The fourth-order valence-electron chi connectivity index (χ4n) is 1.36. The second-order valence-corrected chi connectivity index (χ2v) is 4.48. The monoisotopic (exact) mass is 265 g/mol. The van der Waals surface area contributed by atoms with Gasteiger partial charge in [0, 0.05) is 4.90 Å². The highest BCUT2D eigenvalue weighted by molar-refractivity contribution is 7.99. The molecule has 1 aromatic carbocycles. The van der Waals surface area contributed by atoms with Crippen molar-refractivity contribution in [1.29, 1.82) is 0 Å². The molecule has 0 bridgehead atoms. The lowest BCUT2D eigenvalue weighted by Crippen LogP contribution is -1.99. The number of carboxylic acids is 1. The highest BCUT2D eigenvalue weighted by atomic mass is 32.2. The molecule has 6 nitrogen and oxygen atoms in total. The molecule has 0 aliphatic rings.